The van der Waals surface area contributed by atoms with Gasteiger partial charge in [0.25, 0.3) is 0 Å². The Hall–Kier alpha value is -0.870. The van der Waals surface area contributed by atoms with Crippen LogP contribution in [0.4, 0.5) is 0 Å². The van der Waals surface area contributed by atoms with Crippen molar-refractivity contribution in [1.29, 1.82) is 0 Å². The predicted molar refractivity (Wildman–Crippen MR) is 70.5 cm³/mol. The van der Waals surface area contributed by atoms with Crippen molar-refractivity contribution in [2.24, 2.45) is 0 Å². The fourth-order valence-electron chi connectivity index (χ4n) is 3.49. The molecule has 0 aromatic carbocycles. The van der Waals surface area contributed by atoms with Crippen LogP contribution in [0.25, 0.3) is 0 Å². The Morgan fingerprint density at radius 1 is 1.50 bits per heavy atom. The number of fused-ring (bicyclic) bond motifs is 1. The highest BCUT2D eigenvalue weighted by Gasteiger charge is 2.48. The van der Waals surface area contributed by atoms with E-state index in [9.17, 15) is 5.11 Å². The number of aromatic nitrogens is 2. The molecule has 0 saturated carbocycles. The van der Waals surface area contributed by atoms with Crippen molar-refractivity contribution >= 4 is 0 Å². The van der Waals surface area contributed by atoms with Crippen LogP contribution in [0.5, 0.6) is 0 Å². The first-order valence-electron chi connectivity index (χ1n) is 7.09. The second kappa shape index (κ2) is 4.35. The van der Waals surface area contributed by atoms with Gasteiger partial charge in [-0.25, -0.2) is 0 Å². The molecule has 0 bridgehead atoms. The molecule has 2 unspecified atom stereocenters. The molecule has 0 aliphatic carbocycles. The summed E-state index contributed by atoms with van der Waals surface area (Å²) in [6, 6.07) is 2.80. The minimum Gasteiger partial charge on any atom is -0.388 e. The monoisotopic (exact) mass is 249 g/mol. The van der Waals surface area contributed by atoms with Crippen molar-refractivity contribution in [1.82, 2.24) is 14.7 Å². The Morgan fingerprint density at radius 2 is 2.33 bits per heavy atom. The second-order valence-electron chi connectivity index (χ2n) is 6.11. The molecule has 2 atom stereocenters. The lowest BCUT2D eigenvalue weighted by Crippen LogP contribution is -2.43. The molecule has 0 radical (unpaired) electrons. The van der Waals surface area contributed by atoms with Crippen LogP contribution in [0.3, 0.4) is 0 Å². The van der Waals surface area contributed by atoms with Crippen LogP contribution in [-0.4, -0.2) is 44.5 Å². The third-order valence-corrected chi connectivity index (χ3v) is 4.50. The fraction of sp³-hybridized carbons (Fsp3) is 0.786. The molecule has 1 N–H and O–H groups in total. The van der Waals surface area contributed by atoms with Crippen molar-refractivity contribution < 1.29 is 5.11 Å². The zero-order valence-electron chi connectivity index (χ0n) is 11.3. The van der Waals surface area contributed by atoms with Crippen LogP contribution in [0, 0.1) is 0 Å². The molecule has 2 fully saturated rings. The summed E-state index contributed by atoms with van der Waals surface area (Å²) < 4.78 is 1.97. The van der Waals surface area contributed by atoms with Crippen molar-refractivity contribution in [2.75, 3.05) is 13.1 Å². The number of nitrogens with zero attached hydrogens (tertiary/aromatic N) is 3. The van der Waals surface area contributed by atoms with Crippen LogP contribution in [0.2, 0.25) is 0 Å². The molecule has 3 heterocycles. The molecule has 100 valence electrons. The summed E-state index contributed by atoms with van der Waals surface area (Å²) in [4.78, 5) is 2.44. The van der Waals surface area contributed by atoms with E-state index in [4.69, 9.17) is 0 Å². The highest BCUT2D eigenvalue weighted by atomic mass is 16.3. The van der Waals surface area contributed by atoms with E-state index in [2.05, 4.69) is 29.9 Å². The predicted octanol–water partition coefficient (Wildman–Crippen LogP) is 1.61. The highest BCUT2D eigenvalue weighted by Crippen LogP contribution is 2.37. The van der Waals surface area contributed by atoms with Crippen molar-refractivity contribution in [3.63, 3.8) is 0 Å². The van der Waals surface area contributed by atoms with Gasteiger partial charge in [-0.1, -0.05) is 0 Å². The minimum atomic E-state index is -0.549. The van der Waals surface area contributed by atoms with Gasteiger partial charge in [-0.15, -0.1) is 0 Å². The highest BCUT2D eigenvalue weighted by molar-refractivity contribution is 5.11. The van der Waals surface area contributed by atoms with Gasteiger partial charge in [-0.2, -0.15) is 5.10 Å². The third kappa shape index (κ3) is 1.97. The molecule has 2 saturated heterocycles. The topological polar surface area (TPSA) is 41.3 Å². The van der Waals surface area contributed by atoms with E-state index in [1.165, 1.54) is 6.42 Å². The smallest absolute Gasteiger partial charge is 0.0870 e. The standard InChI is InChI=1S/C14H23N3O/c1-11(2)17-8-5-12(15-17)10-14(18)6-9-16-7-3-4-13(14)16/h5,8,11,13,18H,3-4,6-7,9-10H2,1-2H3. The molecule has 3 rings (SSSR count). The average Bonchev–Trinajstić information content (AvgIpc) is 2.98. The summed E-state index contributed by atoms with van der Waals surface area (Å²) in [5, 5.41) is 15.4. The fourth-order valence-corrected chi connectivity index (χ4v) is 3.49. The van der Waals surface area contributed by atoms with Crippen LogP contribution in [-0.2, 0) is 6.42 Å². The lowest BCUT2D eigenvalue weighted by atomic mass is 9.88. The van der Waals surface area contributed by atoms with Gasteiger partial charge in [0, 0.05) is 31.2 Å². The summed E-state index contributed by atoms with van der Waals surface area (Å²) in [5.41, 5.74) is 0.479. The van der Waals surface area contributed by atoms with E-state index in [-0.39, 0.29) is 0 Å². The van der Waals surface area contributed by atoms with E-state index in [1.807, 2.05) is 10.9 Å². The largest absolute Gasteiger partial charge is 0.388 e. The lowest BCUT2D eigenvalue weighted by molar-refractivity contribution is 0.0131. The molecule has 4 nitrogen and oxygen atoms in total. The third-order valence-electron chi connectivity index (χ3n) is 4.50. The van der Waals surface area contributed by atoms with Crippen molar-refractivity contribution in [2.45, 2.75) is 57.2 Å². The number of hydrogen-bond acceptors (Lipinski definition) is 3. The summed E-state index contributed by atoms with van der Waals surface area (Å²) >= 11 is 0. The molecule has 18 heavy (non-hydrogen) atoms. The summed E-state index contributed by atoms with van der Waals surface area (Å²) in [7, 11) is 0. The summed E-state index contributed by atoms with van der Waals surface area (Å²) in [6.45, 7) is 6.46. The Labute approximate surface area is 109 Å². The molecule has 0 spiro atoms. The van der Waals surface area contributed by atoms with E-state index >= 15 is 0 Å². The number of rotatable bonds is 3. The van der Waals surface area contributed by atoms with Gasteiger partial charge in [0.05, 0.1) is 11.3 Å². The van der Waals surface area contributed by atoms with Gasteiger partial charge in [0.1, 0.15) is 0 Å². The Balaban J connectivity index is 1.74. The minimum absolute atomic E-state index is 0.363. The SMILES string of the molecule is CC(C)n1ccc(CC2(O)CCN3CCCC32)n1. The molecule has 0 amide bonds. The molecule has 2 aliphatic rings. The van der Waals surface area contributed by atoms with Crippen LogP contribution in [0.15, 0.2) is 12.3 Å². The van der Waals surface area contributed by atoms with Crippen molar-refractivity contribution in [3.05, 3.63) is 18.0 Å². The van der Waals surface area contributed by atoms with Gasteiger partial charge in [-0.05, 0) is 45.7 Å². The molecule has 1 aromatic rings. The zero-order chi connectivity index (χ0) is 12.8. The number of hydrogen-bond donors (Lipinski definition) is 1. The first-order valence-corrected chi connectivity index (χ1v) is 7.09. The zero-order valence-corrected chi connectivity index (χ0v) is 11.3. The quantitative estimate of drug-likeness (QED) is 0.885. The van der Waals surface area contributed by atoms with Gasteiger partial charge < -0.3 is 5.11 Å². The van der Waals surface area contributed by atoms with Gasteiger partial charge in [0.15, 0.2) is 0 Å². The van der Waals surface area contributed by atoms with Crippen LogP contribution < -0.4 is 0 Å². The molecular formula is C14H23N3O. The lowest BCUT2D eigenvalue weighted by Gasteiger charge is -2.29. The first kappa shape index (κ1) is 12.2. The van der Waals surface area contributed by atoms with Crippen LogP contribution in [0.1, 0.15) is 44.8 Å². The van der Waals surface area contributed by atoms with Gasteiger partial charge in [-0.3, -0.25) is 9.58 Å². The first-order chi connectivity index (χ1) is 8.58. The average molecular weight is 249 g/mol. The molecule has 4 heteroatoms. The maximum atomic E-state index is 10.9. The van der Waals surface area contributed by atoms with E-state index in [0.29, 0.717) is 18.5 Å². The van der Waals surface area contributed by atoms with E-state index in [1.54, 1.807) is 0 Å². The second-order valence-corrected chi connectivity index (χ2v) is 6.11. The maximum absolute atomic E-state index is 10.9. The maximum Gasteiger partial charge on any atom is 0.0870 e. The van der Waals surface area contributed by atoms with Gasteiger partial charge in [0.2, 0.25) is 0 Å². The molecule has 2 aliphatic heterocycles. The number of aliphatic hydroxyl groups is 1. The Kier molecular flexibility index (Phi) is 2.94. The summed E-state index contributed by atoms with van der Waals surface area (Å²) in [5.74, 6) is 0. The van der Waals surface area contributed by atoms with Crippen LogP contribution >= 0.6 is 0 Å². The molecular weight excluding hydrogens is 226 g/mol. The summed E-state index contributed by atoms with van der Waals surface area (Å²) in [6.07, 6.45) is 5.99. The van der Waals surface area contributed by atoms with E-state index < -0.39 is 5.60 Å². The Bertz CT molecular complexity index is 428. The molecule has 1 aromatic heterocycles. The van der Waals surface area contributed by atoms with Gasteiger partial charge >= 0.3 is 0 Å². The van der Waals surface area contributed by atoms with E-state index in [0.717, 1.165) is 31.6 Å². The van der Waals surface area contributed by atoms with Crippen molar-refractivity contribution in [3.8, 4) is 0 Å². The normalized spacial score (nSPS) is 32.3. The Morgan fingerprint density at radius 3 is 3.06 bits per heavy atom.